The molecule has 0 bridgehead atoms. The molecule has 1 aromatic carbocycles. The van der Waals surface area contributed by atoms with Gasteiger partial charge >= 0.3 is 5.97 Å². The fourth-order valence-corrected chi connectivity index (χ4v) is 4.59. The molecule has 0 saturated carbocycles. The number of carboxylic acid groups (broad SMARTS) is 1. The number of aromatic carboxylic acids is 1. The number of hydrogen-bond donors (Lipinski definition) is 3. The lowest BCUT2D eigenvalue weighted by Crippen LogP contribution is -2.45. The number of aromatic hydroxyl groups is 1. The topological polar surface area (TPSA) is 96.9 Å². The van der Waals surface area contributed by atoms with Gasteiger partial charge in [0.1, 0.15) is 5.75 Å². The van der Waals surface area contributed by atoms with Crippen LogP contribution in [0.15, 0.2) is 23.0 Å². The third-order valence-corrected chi connectivity index (χ3v) is 6.23. The second-order valence-corrected chi connectivity index (χ2v) is 8.24. The number of nitrogens with one attached hydrogen (secondary N) is 1. The molecular weight excluding hydrogens is 370 g/mol. The predicted molar refractivity (Wildman–Crippen MR) is 112 cm³/mol. The zero-order valence-corrected chi connectivity index (χ0v) is 16.9. The minimum atomic E-state index is -1.41. The number of piperidine rings is 1. The van der Waals surface area contributed by atoms with Crippen LogP contribution in [0.5, 0.6) is 5.75 Å². The summed E-state index contributed by atoms with van der Waals surface area (Å²) in [5, 5.41) is 19.7. The van der Waals surface area contributed by atoms with E-state index < -0.39 is 22.8 Å². The highest BCUT2D eigenvalue weighted by atomic mass is 16.4. The average Bonchev–Trinajstić information content (AvgIpc) is 2.87. The number of aryl methyl sites for hydroxylation is 1. The second-order valence-electron chi connectivity index (χ2n) is 8.24. The molecule has 1 aliphatic heterocycles. The van der Waals surface area contributed by atoms with E-state index in [0.717, 1.165) is 43.5 Å². The van der Waals surface area contributed by atoms with Gasteiger partial charge in [-0.3, -0.25) is 4.79 Å². The average molecular weight is 397 g/mol. The zero-order valence-electron chi connectivity index (χ0n) is 16.9. The number of aromatic nitrogens is 1. The minimum Gasteiger partial charge on any atom is -0.506 e. The van der Waals surface area contributed by atoms with Gasteiger partial charge in [0.15, 0.2) is 5.56 Å². The van der Waals surface area contributed by atoms with Crippen LogP contribution in [0.3, 0.4) is 0 Å². The number of aromatic amines is 1. The Hall–Kier alpha value is -2.80. The highest BCUT2D eigenvalue weighted by molar-refractivity contribution is 5.92. The molecule has 2 aliphatic rings. The third kappa shape index (κ3) is 3.51. The van der Waals surface area contributed by atoms with Crippen molar-refractivity contribution in [3.63, 3.8) is 0 Å². The molecule has 29 heavy (non-hydrogen) atoms. The van der Waals surface area contributed by atoms with E-state index >= 15 is 0 Å². The largest absolute Gasteiger partial charge is 0.506 e. The molecule has 1 aromatic heterocycles. The quantitative estimate of drug-likeness (QED) is 0.736. The lowest BCUT2D eigenvalue weighted by Gasteiger charge is -2.37. The van der Waals surface area contributed by atoms with Crippen molar-refractivity contribution < 1.29 is 15.0 Å². The number of anilines is 1. The van der Waals surface area contributed by atoms with Gasteiger partial charge in [-0.25, -0.2) is 4.79 Å². The standard InChI is InChI=1S/C22H27N3O4/c1-24(2)15-6-4-10-25(12-15)14-8-9-16-13(11-14)5-3-7-17-19(16)23-21(27)18(20(17)26)22(28)29/h8-9,11,15H,3-7,10,12H2,1-2H3,(H,28,29)(H2,23,26,27). The Labute approximate surface area is 169 Å². The van der Waals surface area contributed by atoms with Crippen molar-refractivity contribution in [3.05, 3.63) is 45.2 Å². The smallest absolute Gasteiger partial charge is 0.345 e. The summed E-state index contributed by atoms with van der Waals surface area (Å²) < 4.78 is 0. The molecule has 154 valence electrons. The molecule has 1 aliphatic carbocycles. The summed E-state index contributed by atoms with van der Waals surface area (Å²) in [6.07, 6.45) is 4.47. The van der Waals surface area contributed by atoms with Crippen LogP contribution in [0.4, 0.5) is 5.69 Å². The third-order valence-electron chi connectivity index (χ3n) is 6.23. The van der Waals surface area contributed by atoms with Crippen LogP contribution in [0.1, 0.15) is 40.7 Å². The van der Waals surface area contributed by atoms with Crippen molar-refractivity contribution in [1.82, 2.24) is 9.88 Å². The Morgan fingerprint density at radius 1 is 1.24 bits per heavy atom. The van der Waals surface area contributed by atoms with E-state index in [-0.39, 0.29) is 0 Å². The molecule has 7 heteroatoms. The fourth-order valence-electron chi connectivity index (χ4n) is 4.59. The predicted octanol–water partition coefficient (Wildman–Crippen LogP) is 2.46. The number of nitrogens with zero attached hydrogens (tertiary/aromatic N) is 2. The van der Waals surface area contributed by atoms with Crippen molar-refractivity contribution >= 4 is 11.7 Å². The summed E-state index contributed by atoms with van der Waals surface area (Å²) in [4.78, 5) is 31.1. The fraction of sp³-hybridized carbons (Fsp3) is 0.455. The highest BCUT2D eigenvalue weighted by Gasteiger charge is 2.26. The van der Waals surface area contributed by atoms with E-state index in [1.165, 1.54) is 12.1 Å². The maximum Gasteiger partial charge on any atom is 0.345 e. The second kappa shape index (κ2) is 7.55. The van der Waals surface area contributed by atoms with Gasteiger partial charge in [-0.05, 0) is 63.9 Å². The monoisotopic (exact) mass is 397 g/mol. The molecule has 1 saturated heterocycles. The molecule has 1 unspecified atom stereocenters. The molecule has 2 aromatic rings. The van der Waals surface area contributed by atoms with E-state index in [0.29, 0.717) is 23.7 Å². The first kappa shape index (κ1) is 19.5. The molecule has 0 amide bonds. The Morgan fingerprint density at radius 2 is 2.03 bits per heavy atom. The van der Waals surface area contributed by atoms with Gasteiger partial charge in [-0.15, -0.1) is 0 Å². The molecule has 4 rings (SSSR count). The van der Waals surface area contributed by atoms with Crippen molar-refractivity contribution in [2.24, 2.45) is 0 Å². The molecule has 3 N–H and O–H groups in total. The van der Waals surface area contributed by atoms with Crippen molar-refractivity contribution in [3.8, 4) is 17.0 Å². The maximum atomic E-state index is 12.3. The van der Waals surface area contributed by atoms with Crippen LogP contribution in [0.2, 0.25) is 0 Å². The van der Waals surface area contributed by atoms with E-state index in [9.17, 15) is 19.8 Å². The van der Waals surface area contributed by atoms with Gasteiger partial charge < -0.3 is 25.0 Å². The van der Waals surface area contributed by atoms with E-state index in [2.05, 4.69) is 41.0 Å². The number of rotatable bonds is 3. The van der Waals surface area contributed by atoms with E-state index in [1.54, 1.807) is 0 Å². The summed E-state index contributed by atoms with van der Waals surface area (Å²) in [7, 11) is 4.24. The van der Waals surface area contributed by atoms with Crippen LogP contribution in [0.25, 0.3) is 11.3 Å². The Bertz CT molecular complexity index is 1010. The summed E-state index contributed by atoms with van der Waals surface area (Å²) in [5.74, 6) is -1.81. The van der Waals surface area contributed by atoms with Crippen LogP contribution in [-0.4, -0.2) is 59.3 Å². The number of H-pyrrole nitrogens is 1. The number of hydrogen-bond acceptors (Lipinski definition) is 5. The minimum absolute atomic E-state index is 0.405. The first-order chi connectivity index (χ1) is 13.9. The summed E-state index contributed by atoms with van der Waals surface area (Å²) >= 11 is 0. The number of fused-ring (bicyclic) bond motifs is 3. The lowest BCUT2D eigenvalue weighted by atomic mass is 9.98. The van der Waals surface area contributed by atoms with Crippen molar-refractivity contribution in [1.29, 1.82) is 0 Å². The van der Waals surface area contributed by atoms with Crippen LogP contribution >= 0.6 is 0 Å². The van der Waals surface area contributed by atoms with Gasteiger partial charge in [0, 0.05) is 35.9 Å². The molecule has 0 spiro atoms. The van der Waals surface area contributed by atoms with Gasteiger partial charge in [0.25, 0.3) is 5.56 Å². The first-order valence-corrected chi connectivity index (χ1v) is 10.1. The van der Waals surface area contributed by atoms with Crippen LogP contribution < -0.4 is 10.5 Å². The molecule has 7 nitrogen and oxygen atoms in total. The lowest BCUT2D eigenvalue weighted by molar-refractivity contribution is 0.0691. The molecular formula is C22H27N3O4. The summed E-state index contributed by atoms with van der Waals surface area (Å²) in [5.41, 5.74) is 2.87. The zero-order chi connectivity index (χ0) is 20.7. The molecule has 1 fully saturated rings. The normalized spacial score (nSPS) is 18.9. The van der Waals surface area contributed by atoms with Crippen LogP contribution in [0, 0.1) is 0 Å². The molecule has 0 radical (unpaired) electrons. The van der Waals surface area contributed by atoms with E-state index in [4.69, 9.17) is 0 Å². The number of carboxylic acids is 1. The SMILES string of the molecule is CN(C)C1CCCN(c2ccc3c(c2)CCCc2c-3[nH]c(=O)c(C(=O)O)c2O)C1. The Morgan fingerprint density at radius 3 is 2.76 bits per heavy atom. The summed E-state index contributed by atoms with van der Waals surface area (Å²) in [6, 6.07) is 6.77. The number of carbonyl (C=O) groups is 1. The number of likely N-dealkylation sites (N-methyl/N-ethyl adjacent to an activating group) is 1. The number of benzene rings is 1. The Kier molecular flexibility index (Phi) is 5.08. The van der Waals surface area contributed by atoms with Gasteiger partial charge in [0.05, 0.1) is 5.69 Å². The van der Waals surface area contributed by atoms with Crippen molar-refractivity contribution in [2.45, 2.75) is 38.1 Å². The van der Waals surface area contributed by atoms with E-state index in [1.807, 2.05) is 6.07 Å². The summed E-state index contributed by atoms with van der Waals surface area (Å²) in [6.45, 7) is 2.02. The van der Waals surface area contributed by atoms with Crippen molar-refractivity contribution in [2.75, 3.05) is 32.1 Å². The van der Waals surface area contributed by atoms with Crippen LogP contribution in [-0.2, 0) is 12.8 Å². The first-order valence-electron chi connectivity index (χ1n) is 10.1. The molecule has 2 heterocycles. The van der Waals surface area contributed by atoms with Gasteiger partial charge in [0.2, 0.25) is 0 Å². The van der Waals surface area contributed by atoms with Gasteiger partial charge in [-0.2, -0.15) is 0 Å². The maximum absolute atomic E-state index is 12.3. The Balaban J connectivity index is 1.75. The molecule has 1 atom stereocenters. The van der Waals surface area contributed by atoms with Gasteiger partial charge in [-0.1, -0.05) is 6.07 Å². The number of pyridine rings is 1. The highest BCUT2D eigenvalue weighted by Crippen LogP contribution is 2.37.